The van der Waals surface area contributed by atoms with Gasteiger partial charge in [-0.2, -0.15) is 17.5 Å². The zero-order chi connectivity index (χ0) is 20.1. The molecular weight excluding hydrogens is 383 g/mol. The van der Waals surface area contributed by atoms with Gasteiger partial charge in [0.25, 0.3) is 0 Å². The van der Waals surface area contributed by atoms with Crippen LogP contribution in [0.5, 0.6) is 0 Å². The molecule has 0 bridgehead atoms. The number of rotatable bonds is 7. The van der Waals surface area contributed by atoms with Gasteiger partial charge in [0.1, 0.15) is 0 Å². The highest BCUT2D eigenvalue weighted by molar-refractivity contribution is 7.89. The van der Waals surface area contributed by atoms with Crippen LogP contribution in [-0.4, -0.2) is 57.1 Å². The van der Waals surface area contributed by atoms with Crippen LogP contribution in [0.2, 0.25) is 0 Å². The smallest absolute Gasteiger partial charge is 0.369 e. The van der Waals surface area contributed by atoms with Crippen LogP contribution < -0.4 is 10.2 Å². The van der Waals surface area contributed by atoms with Crippen molar-refractivity contribution in [1.29, 1.82) is 0 Å². The third-order valence-electron chi connectivity index (χ3n) is 4.33. The fraction of sp³-hybridized carbons (Fsp3) is 0.588. The van der Waals surface area contributed by atoms with E-state index in [4.69, 9.17) is 0 Å². The first-order chi connectivity index (χ1) is 12.6. The second kappa shape index (κ2) is 8.92. The third kappa shape index (κ3) is 6.10. The molecule has 10 heteroatoms. The number of carbonyl (C=O) groups excluding carboxylic acids is 1. The summed E-state index contributed by atoms with van der Waals surface area (Å²) in [4.78, 5) is 13.1. The van der Waals surface area contributed by atoms with E-state index in [1.807, 2.05) is 6.92 Å². The number of amides is 1. The average Bonchev–Trinajstić information content (AvgIpc) is 2.61. The SMILES string of the molecule is CCCC(=O)NCCS(=O)(=O)N1CCN(c2cccc(C(F)(F)F)c2)CC1. The van der Waals surface area contributed by atoms with Crippen molar-refractivity contribution in [3.63, 3.8) is 0 Å². The summed E-state index contributed by atoms with van der Waals surface area (Å²) in [5, 5.41) is 2.57. The van der Waals surface area contributed by atoms with E-state index in [0.29, 0.717) is 31.6 Å². The van der Waals surface area contributed by atoms with E-state index in [1.54, 1.807) is 11.0 Å². The molecule has 1 aromatic rings. The molecule has 152 valence electrons. The molecular formula is C17H24F3N3O3S. The van der Waals surface area contributed by atoms with Crippen LogP contribution in [0.4, 0.5) is 18.9 Å². The number of alkyl halides is 3. The number of nitrogens with zero attached hydrogens (tertiary/aromatic N) is 2. The summed E-state index contributed by atoms with van der Waals surface area (Å²) in [5.74, 6) is -0.367. The third-order valence-corrected chi connectivity index (χ3v) is 6.20. The van der Waals surface area contributed by atoms with Crippen molar-refractivity contribution < 1.29 is 26.4 Å². The van der Waals surface area contributed by atoms with E-state index < -0.39 is 21.8 Å². The molecule has 1 aromatic carbocycles. The van der Waals surface area contributed by atoms with Gasteiger partial charge in [0.05, 0.1) is 11.3 Å². The second-order valence-electron chi connectivity index (χ2n) is 6.35. The number of hydrogen-bond donors (Lipinski definition) is 1. The molecule has 0 aliphatic carbocycles. The maximum absolute atomic E-state index is 12.8. The van der Waals surface area contributed by atoms with Gasteiger partial charge in [0.15, 0.2) is 0 Å². The topological polar surface area (TPSA) is 69.7 Å². The Kier molecular flexibility index (Phi) is 7.10. The Morgan fingerprint density at radius 2 is 1.85 bits per heavy atom. The second-order valence-corrected chi connectivity index (χ2v) is 8.44. The molecule has 0 unspecified atom stereocenters. The van der Waals surface area contributed by atoms with Crippen molar-refractivity contribution in [2.24, 2.45) is 0 Å². The van der Waals surface area contributed by atoms with Crippen molar-refractivity contribution in [3.05, 3.63) is 29.8 Å². The molecule has 0 radical (unpaired) electrons. The fourth-order valence-electron chi connectivity index (χ4n) is 2.87. The van der Waals surface area contributed by atoms with Crippen molar-refractivity contribution in [1.82, 2.24) is 9.62 Å². The lowest BCUT2D eigenvalue weighted by Gasteiger charge is -2.35. The molecule has 2 rings (SSSR count). The van der Waals surface area contributed by atoms with Crippen LogP contribution in [-0.2, 0) is 21.0 Å². The maximum Gasteiger partial charge on any atom is 0.416 e. The van der Waals surface area contributed by atoms with Crippen LogP contribution in [0.15, 0.2) is 24.3 Å². The molecule has 1 aliphatic rings. The quantitative estimate of drug-likeness (QED) is 0.751. The number of piperazine rings is 1. The van der Waals surface area contributed by atoms with E-state index in [-0.39, 0.29) is 31.3 Å². The average molecular weight is 407 g/mol. The van der Waals surface area contributed by atoms with Crippen LogP contribution in [0.25, 0.3) is 0 Å². The summed E-state index contributed by atoms with van der Waals surface area (Å²) in [5.41, 5.74) is -0.299. The van der Waals surface area contributed by atoms with Gasteiger partial charge in [-0.25, -0.2) is 8.42 Å². The number of carbonyl (C=O) groups is 1. The minimum atomic E-state index is -4.41. The lowest BCUT2D eigenvalue weighted by Crippen LogP contribution is -2.50. The van der Waals surface area contributed by atoms with Crippen molar-refractivity contribution in [3.8, 4) is 0 Å². The highest BCUT2D eigenvalue weighted by Crippen LogP contribution is 2.31. The summed E-state index contributed by atoms with van der Waals surface area (Å²) in [7, 11) is -3.52. The van der Waals surface area contributed by atoms with Gasteiger partial charge >= 0.3 is 6.18 Å². The monoisotopic (exact) mass is 407 g/mol. The highest BCUT2D eigenvalue weighted by Gasteiger charge is 2.32. The van der Waals surface area contributed by atoms with Gasteiger partial charge in [0.2, 0.25) is 15.9 Å². The van der Waals surface area contributed by atoms with Gasteiger partial charge in [-0.05, 0) is 24.6 Å². The van der Waals surface area contributed by atoms with Crippen molar-refractivity contribution in [2.75, 3.05) is 43.4 Å². The number of sulfonamides is 1. The Balaban J connectivity index is 1.90. The summed E-state index contributed by atoms with van der Waals surface area (Å²) in [6, 6.07) is 5.02. The van der Waals surface area contributed by atoms with Crippen LogP contribution >= 0.6 is 0 Å². The van der Waals surface area contributed by atoms with Crippen LogP contribution in [0.3, 0.4) is 0 Å². The van der Waals surface area contributed by atoms with Gasteiger partial charge in [-0.1, -0.05) is 13.0 Å². The predicted molar refractivity (Wildman–Crippen MR) is 96.9 cm³/mol. The molecule has 1 N–H and O–H groups in total. The molecule has 6 nitrogen and oxygen atoms in total. The number of nitrogens with one attached hydrogen (secondary N) is 1. The van der Waals surface area contributed by atoms with Crippen molar-refractivity contribution in [2.45, 2.75) is 25.9 Å². The minimum absolute atomic E-state index is 0.0506. The maximum atomic E-state index is 12.8. The highest BCUT2D eigenvalue weighted by atomic mass is 32.2. The molecule has 1 amide bonds. The Morgan fingerprint density at radius 1 is 1.19 bits per heavy atom. The normalized spacial score (nSPS) is 16.4. The first-order valence-electron chi connectivity index (χ1n) is 8.80. The van der Waals surface area contributed by atoms with Crippen LogP contribution in [0.1, 0.15) is 25.3 Å². The molecule has 1 aliphatic heterocycles. The van der Waals surface area contributed by atoms with Gasteiger partial charge < -0.3 is 10.2 Å². The molecule has 0 aromatic heterocycles. The Labute approximate surface area is 157 Å². The van der Waals surface area contributed by atoms with E-state index in [0.717, 1.165) is 12.1 Å². The lowest BCUT2D eigenvalue weighted by atomic mass is 10.1. The van der Waals surface area contributed by atoms with Gasteiger partial charge in [-0.3, -0.25) is 4.79 Å². The summed E-state index contributed by atoms with van der Waals surface area (Å²) < 4.78 is 64.6. The minimum Gasteiger partial charge on any atom is -0.369 e. The number of hydrogen-bond acceptors (Lipinski definition) is 4. The Bertz CT molecular complexity index is 745. The van der Waals surface area contributed by atoms with E-state index in [1.165, 1.54) is 10.4 Å². The molecule has 0 atom stereocenters. The van der Waals surface area contributed by atoms with Crippen LogP contribution in [0, 0.1) is 0 Å². The first-order valence-corrected chi connectivity index (χ1v) is 10.4. The first kappa shape index (κ1) is 21.5. The molecule has 1 saturated heterocycles. The van der Waals surface area contributed by atoms with Gasteiger partial charge in [-0.15, -0.1) is 0 Å². The lowest BCUT2D eigenvalue weighted by molar-refractivity contribution is -0.137. The molecule has 1 fully saturated rings. The Hall–Kier alpha value is -1.81. The molecule has 0 spiro atoms. The fourth-order valence-corrected chi connectivity index (χ4v) is 4.21. The number of benzene rings is 1. The summed E-state index contributed by atoms with van der Waals surface area (Å²) in [6.45, 7) is 2.92. The van der Waals surface area contributed by atoms with Crippen molar-refractivity contribution >= 4 is 21.6 Å². The molecule has 1 heterocycles. The molecule has 27 heavy (non-hydrogen) atoms. The van der Waals surface area contributed by atoms with Gasteiger partial charge in [0, 0.05) is 44.8 Å². The zero-order valence-corrected chi connectivity index (χ0v) is 15.9. The largest absolute Gasteiger partial charge is 0.416 e. The summed E-state index contributed by atoms with van der Waals surface area (Å²) >= 11 is 0. The van der Waals surface area contributed by atoms with E-state index in [9.17, 15) is 26.4 Å². The summed E-state index contributed by atoms with van der Waals surface area (Å²) in [6.07, 6.45) is -3.37. The standard InChI is InChI=1S/C17H24F3N3O3S/c1-2-4-16(24)21-7-12-27(25,26)23-10-8-22(9-11-23)15-6-3-5-14(13-15)17(18,19)20/h3,5-6,13H,2,4,7-12H2,1H3,(H,21,24). The van der Waals surface area contributed by atoms with E-state index >= 15 is 0 Å². The zero-order valence-electron chi connectivity index (χ0n) is 15.1. The molecule has 0 saturated carbocycles. The predicted octanol–water partition coefficient (Wildman–Crippen LogP) is 2.07. The Morgan fingerprint density at radius 3 is 2.44 bits per heavy atom. The van der Waals surface area contributed by atoms with E-state index in [2.05, 4.69) is 5.32 Å². The number of anilines is 1. The number of halogens is 3.